The van der Waals surface area contributed by atoms with Crippen LogP contribution in [0.1, 0.15) is 59.8 Å². The Morgan fingerprint density at radius 2 is 1.44 bits per heavy atom. The normalized spacial score (nSPS) is 35.1. The van der Waals surface area contributed by atoms with Gasteiger partial charge in [-0.15, -0.1) is 0 Å². The maximum absolute atomic E-state index is 12.2. The lowest BCUT2D eigenvalue weighted by Gasteiger charge is -2.32. The van der Waals surface area contributed by atoms with Gasteiger partial charge in [0.2, 0.25) is 7.37 Å². The molecule has 1 aliphatic heterocycles. The van der Waals surface area contributed by atoms with Gasteiger partial charge < -0.3 is 14.7 Å². The van der Waals surface area contributed by atoms with Crippen LogP contribution >= 0.6 is 22.6 Å². The van der Waals surface area contributed by atoms with Gasteiger partial charge in [-0.25, -0.2) is 4.31 Å². The highest BCUT2D eigenvalue weighted by Crippen LogP contribution is 2.80. The summed E-state index contributed by atoms with van der Waals surface area (Å²) in [5.41, 5.74) is 3.51. The van der Waals surface area contributed by atoms with E-state index < -0.39 is 33.9 Å². The minimum absolute atomic E-state index is 0.142. The predicted octanol–water partition coefficient (Wildman–Crippen LogP) is 5.75. The average molecular weight is 440 g/mol. The largest absolute Gasteiger partial charge is 0.348 e. The van der Waals surface area contributed by atoms with Crippen molar-refractivity contribution in [2.24, 2.45) is 0 Å². The average Bonchev–Trinajstić information content (AvgIpc) is 2.42. The van der Waals surface area contributed by atoms with Gasteiger partial charge in [0, 0.05) is 0 Å². The van der Waals surface area contributed by atoms with Gasteiger partial charge in [0.25, 0.3) is 0 Å². The first-order valence-electron chi connectivity index (χ1n) is 8.87. The molecule has 0 bridgehead atoms. The quantitative estimate of drug-likeness (QED) is 0.324. The van der Waals surface area contributed by atoms with Crippen LogP contribution in [-0.4, -0.2) is 26.0 Å². The maximum Gasteiger partial charge on any atom is 0.348 e. The Morgan fingerprint density at radius 3 is 1.96 bits per heavy atom. The first-order chi connectivity index (χ1) is 12.3. The summed E-state index contributed by atoms with van der Waals surface area (Å²) in [6, 6.07) is 0. The third-order valence-electron chi connectivity index (χ3n) is 4.27. The van der Waals surface area contributed by atoms with Crippen molar-refractivity contribution in [1.29, 1.82) is 0 Å². The number of hydrogen-bond donors (Lipinski definition) is 3. The van der Waals surface area contributed by atoms with Gasteiger partial charge in [-0.05, 0) is 59.8 Å². The molecule has 0 aromatic rings. The molecule has 10 heteroatoms. The molecule has 156 valence electrons. The van der Waals surface area contributed by atoms with Crippen molar-refractivity contribution in [2.45, 2.75) is 65.2 Å². The van der Waals surface area contributed by atoms with E-state index >= 15 is 0 Å². The Labute approximate surface area is 161 Å². The van der Waals surface area contributed by atoms with Crippen molar-refractivity contribution in [1.82, 2.24) is 0 Å². The molecule has 27 heavy (non-hydrogen) atoms. The zero-order chi connectivity index (χ0) is 20.9. The second kappa shape index (κ2) is 9.98. The van der Waals surface area contributed by atoms with Gasteiger partial charge in [-0.1, -0.05) is 34.9 Å². The van der Waals surface area contributed by atoms with Gasteiger partial charge in [0.15, 0.2) is 0 Å². The van der Waals surface area contributed by atoms with Crippen molar-refractivity contribution in [3.8, 4) is 0 Å². The van der Waals surface area contributed by atoms with Crippen molar-refractivity contribution in [3.63, 3.8) is 0 Å². The van der Waals surface area contributed by atoms with Gasteiger partial charge in [-0.2, -0.15) is 0 Å². The summed E-state index contributed by atoms with van der Waals surface area (Å²) in [6.07, 6.45) is 9.37. The second-order valence-corrected chi connectivity index (χ2v) is 14.7. The van der Waals surface area contributed by atoms with Gasteiger partial charge in [0.1, 0.15) is 11.3 Å². The van der Waals surface area contributed by atoms with E-state index in [0.29, 0.717) is 0 Å². The molecule has 3 N–H and O–H groups in total. The zero-order valence-electron chi connectivity index (χ0n) is 16.4. The molecule has 1 rings (SSSR count). The molecule has 1 heterocycles. The third-order valence-corrected chi connectivity index (χ3v) is 13.3. The van der Waals surface area contributed by atoms with Crippen molar-refractivity contribution in [2.75, 3.05) is 5.90 Å². The van der Waals surface area contributed by atoms with Crippen LogP contribution < -0.4 is 0 Å². The highest BCUT2D eigenvalue weighted by Gasteiger charge is 2.56. The number of hydrogen-bond acceptors (Lipinski definition) is 4. The summed E-state index contributed by atoms with van der Waals surface area (Å²) in [5.74, 6) is -0.990. The molecule has 0 saturated carbocycles. The summed E-state index contributed by atoms with van der Waals surface area (Å²) >= 11 is 0. The smallest absolute Gasteiger partial charge is 0.343 e. The fourth-order valence-corrected chi connectivity index (χ4v) is 11.8. The van der Waals surface area contributed by atoms with Crippen LogP contribution in [0.2, 0.25) is 0 Å². The Balaban J connectivity index is 2.63. The van der Waals surface area contributed by atoms with E-state index in [-0.39, 0.29) is 6.42 Å². The van der Waals surface area contributed by atoms with Crippen LogP contribution in [0.15, 0.2) is 34.9 Å². The Kier molecular flexibility index (Phi) is 9.16. The summed E-state index contributed by atoms with van der Waals surface area (Å²) < 4.78 is 40.2. The molecule has 0 spiro atoms. The van der Waals surface area contributed by atoms with Crippen LogP contribution in [-0.2, 0) is 18.0 Å². The summed E-state index contributed by atoms with van der Waals surface area (Å²) in [7, 11) is -13.4. The molecule has 0 aromatic carbocycles. The topological polar surface area (TPSA) is 121 Å². The zero-order valence-corrected chi connectivity index (χ0v) is 19.1. The predicted molar refractivity (Wildman–Crippen MR) is 109 cm³/mol. The van der Waals surface area contributed by atoms with Crippen molar-refractivity contribution < 1.29 is 32.7 Å². The SMILES string of the molecule is CC(C)=CCC/C(C)=C/CC/C(C)=C/CC1P(=O)(O)CP(=O)(O)OP1(=O)O. The Morgan fingerprint density at radius 1 is 0.926 bits per heavy atom. The van der Waals surface area contributed by atoms with E-state index in [2.05, 4.69) is 37.2 Å². The number of rotatable bonds is 8. The molecule has 4 unspecified atom stereocenters. The fraction of sp³-hybridized carbons (Fsp3) is 0.647. The minimum atomic E-state index is -4.65. The molecule has 0 aromatic heterocycles. The molecular formula is C17H31O7P3. The van der Waals surface area contributed by atoms with Crippen molar-refractivity contribution >= 4 is 22.6 Å². The van der Waals surface area contributed by atoms with E-state index in [0.717, 1.165) is 31.3 Å². The minimum Gasteiger partial charge on any atom is -0.343 e. The van der Waals surface area contributed by atoms with Gasteiger partial charge in [-0.3, -0.25) is 13.7 Å². The molecule has 7 nitrogen and oxygen atoms in total. The lowest BCUT2D eigenvalue weighted by atomic mass is 10.1. The molecule has 0 aliphatic carbocycles. The van der Waals surface area contributed by atoms with E-state index in [1.807, 2.05) is 6.92 Å². The van der Waals surface area contributed by atoms with E-state index in [1.54, 1.807) is 6.08 Å². The van der Waals surface area contributed by atoms with Gasteiger partial charge in [0.05, 0.1) is 0 Å². The number of allylic oxidation sites excluding steroid dienone is 6. The van der Waals surface area contributed by atoms with E-state index in [4.69, 9.17) is 0 Å². The highest BCUT2D eigenvalue weighted by atomic mass is 31.3. The summed E-state index contributed by atoms with van der Waals surface area (Å²) in [6.45, 7) is 8.06. The van der Waals surface area contributed by atoms with Crippen LogP contribution in [0.5, 0.6) is 0 Å². The molecule has 4 atom stereocenters. The Hall–Kier alpha value is -0.250. The second-order valence-electron chi connectivity index (χ2n) is 7.36. The van der Waals surface area contributed by atoms with Crippen molar-refractivity contribution in [3.05, 3.63) is 34.9 Å². The highest BCUT2D eigenvalue weighted by molar-refractivity contribution is 7.87. The first-order valence-corrected chi connectivity index (χ1v) is 14.2. The monoisotopic (exact) mass is 440 g/mol. The molecule has 1 aliphatic rings. The fourth-order valence-electron chi connectivity index (χ4n) is 2.78. The van der Waals surface area contributed by atoms with Gasteiger partial charge >= 0.3 is 15.2 Å². The molecule has 0 radical (unpaired) electrons. The summed E-state index contributed by atoms with van der Waals surface area (Å²) in [5, 5.41) is -1.56. The first kappa shape index (κ1) is 24.8. The molecular weight excluding hydrogens is 409 g/mol. The lowest BCUT2D eigenvalue weighted by molar-refractivity contribution is 0.322. The van der Waals surface area contributed by atoms with Crippen LogP contribution in [0, 0.1) is 0 Å². The van der Waals surface area contributed by atoms with Crippen LogP contribution in [0.4, 0.5) is 0 Å². The van der Waals surface area contributed by atoms with E-state index in [9.17, 15) is 28.4 Å². The van der Waals surface area contributed by atoms with Crippen LogP contribution in [0.3, 0.4) is 0 Å². The molecule has 1 saturated heterocycles. The third kappa shape index (κ3) is 8.75. The maximum atomic E-state index is 12.2. The Bertz CT molecular complexity index is 732. The molecule has 0 amide bonds. The van der Waals surface area contributed by atoms with E-state index in [1.165, 1.54) is 11.1 Å². The summed E-state index contributed by atoms with van der Waals surface area (Å²) in [4.78, 5) is 29.1. The standard InChI is InChI=1S/C17H31O7P3/c1-14(2)7-5-8-15(3)9-6-10-16(4)11-12-17-25(18,19)13-26(20,21)24-27(17,22)23/h7,9,11,17H,5-6,8,10,12-13H2,1-4H3,(H,18,19)(H,20,21)(H,22,23)/b15-9+,16-11+. The van der Waals surface area contributed by atoms with Crippen LogP contribution in [0.25, 0.3) is 0 Å². The molecule has 1 fully saturated rings. The lowest BCUT2D eigenvalue weighted by Crippen LogP contribution is -2.18.